The summed E-state index contributed by atoms with van der Waals surface area (Å²) in [7, 11) is 0. The lowest BCUT2D eigenvalue weighted by Crippen LogP contribution is -2.03. The first kappa shape index (κ1) is 8.97. The van der Waals surface area contributed by atoms with E-state index in [0.717, 1.165) is 5.69 Å². The third-order valence-electron chi connectivity index (χ3n) is 2.10. The second-order valence-corrected chi connectivity index (χ2v) is 3.17. The predicted octanol–water partition coefficient (Wildman–Crippen LogP) is 1.69. The first-order chi connectivity index (χ1) is 6.86. The molecule has 14 heavy (non-hydrogen) atoms. The average molecular weight is 188 g/mol. The van der Waals surface area contributed by atoms with Crippen molar-refractivity contribution in [1.29, 1.82) is 0 Å². The van der Waals surface area contributed by atoms with Gasteiger partial charge in [0.2, 0.25) is 0 Å². The molecular formula is C11H12N2O. The maximum absolute atomic E-state index is 9.81. The van der Waals surface area contributed by atoms with Crippen LogP contribution in [-0.2, 0) is 6.42 Å². The van der Waals surface area contributed by atoms with Crippen LogP contribution in [0.4, 0.5) is 0 Å². The average Bonchev–Trinajstić information content (AvgIpc) is 2.72. The normalized spacial score (nSPS) is 12.6. The Morgan fingerprint density at radius 2 is 2.21 bits per heavy atom. The van der Waals surface area contributed by atoms with Gasteiger partial charge >= 0.3 is 0 Å². The van der Waals surface area contributed by atoms with E-state index >= 15 is 0 Å². The summed E-state index contributed by atoms with van der Waals surface area (Å²) in [6, 6.07) is 9.41. The fourth-order valence-electron chi connectivity index (χ4n) is 1.38. The molecule has 3 nitrogen and oxygen atoms in total. The van der Waals surface area contributed by atoms with Crippen molar-refractivity contribution in [3.05, 3.63) is 54.1 Å². The Balaban J connectivity index is 2.07. The smallest absolute Gasteiger partial charge is 0.101 e. The summed E-state index contributed by atoms with van der Waals surface area (Å²) in [5, 5.41) is 9.81. The molecule has 2 N–H and O–H groups in total. The topological polar surface area (TPSA) is 48.9 Å². The molecule has 0 amide bonds. The van der Waals surface area contributed by atoms with E-state index in [1.807, 2.05) is 36.5 Å². The molecule has 0 fully saturated rings. The fourth-order valence-corrected chi connectivity index (χ4v) is 1.38. The molecule has 0 spiro atoms. The monoisotopic (exact) mass is 188 g/mol. The van der Waals surface area contributed by atoms with E-state index in [0.29, 0.717) is 12.1 Å². The number of H-pyrrole nitrogens is 1. The van der Waals surface area contributed by atoms with Crippen LogP contribution in [0.1, 0.15) is 17.5 Å². The highest BCUT2D eigenvalue weighted by Gasteiger charge is 2.09. The van der Waals surface area contributed by atoms with Gasteiger partial charge in [-0.25, -0.2) is 0 Å². The second kappa shape index (κ2) is 4.07. The molecule has 3 heteroatoms. The Bertz CT molecular complexity index is 369. The van der Waals surface area contributed by atoms with Crippen molar-refractivity contribution >= 4 is 0 Å². The van der Waals surface area contributed by atoms with E-state index in [1.54, 1.807) is 6.20 Å². The molecule has 0 saturated heterocycles. The van der Waals surface area contributed by atoms with Gasteiger partial charge in [-0.3, -0.25) is 4.98 Å². The van der Waals surface area contributed by atoms with Gasteiger partial charge in [-0.1, -0.05) is 6.07 Å². The largest absolute Gasteiger partial charge is 0.386 e. The van der Waals surface area contributed by atoms with Crippen molar-refractivity contribution in [1.82, 2.24) is 9.97 Å². The molecule has 0 saturated carbocycles. The van der Waals surface area contributed by atoms with Gasteiger partial charge in [-0.2, -0.15) is 0 Å². The molecule has 0 bridgehead atoms. The van der Waals surface area contributed by atoms with Crippen LogP contribution in [0.5, 0.6) is 0 Å². The predicted molar refractivity (Wildman–Crippen MR) is 53.7 cm³/mol. The molecule has 0 aliphatic rings. The second-order valence-electron chi connectivity index (χ2n) is 3.17. The van der Waals surface area contributed by atoms with E-state index in [1.165, 1.54) is 0 Å². The van der Waals surface area contributed by atoms with Gasteiger partial charge < -0.3 is 10.1 Å². The zero-order chi connectivity index (χ0) is 9.80. The van der Waals surface area contributed by atoms with Crippen LogP contribution in [-0.4, -0.2) is 15.1 Å². The molecule has 0 aliphatic heterocycles. The van der Waals surface area contributed by atoms with Crippen LogP contribution >= 0.6 is 0 Å². The lowest BCUT2D eigenvalue weighted by molar-refractivity contribution is 0.172. The summed E-state index contributed by atoms with van der Waals surface area (Å²) >= 11 is 0. The zero-order valence-electron chi connectivity index (χ0n) is 7.72. The number of nitrogens with one attached hydrogen (secondary N) is 1. The molecule has 2 aromatic rings. The van der Waals surface area contributed by atoms with Gasteiger partial charge in [-0.05, 0) is 24.3 Å². The molecule has 0 radical (unpaired) electrons. The summed E-state index contributed by atoms with van der Waals surface area (Å²) in [5.74, 6) is 0. The number of rotatable bonds is 3. The summed E-state index contributed by atoms with van der Waals surface area (Å²) in [6.45, 7) is 0. The van der Waals surface area contributed by atoms with Crippen molar-refractivity contribution in [2.45, 2.75) is 12.5 Å². The van der Waals surface area contributed by atoms with Gasteiger partial charge in [0.05, 0.1) is 5.69 Å². The lowest BCUT2D eigenvalue weighted by Gasteiger charge is -2.07. The molecular weight excluding hydrogens is 176 g/mol. The molecule has 1 unspecified atom stereocenters. The highest BCUT2D eigenvalue weighted by molar-refractivity contribution is 5.11. The van der Waals surface area contributed by atoms with Crippen LogP contribution in [0.2, 0.25) is 0 Å². The highest BCUT2D eigenvalue weighted by atomic mass is 16.3. The molecule has 0 aromatic carbocycles. The van der Waals surface area contributed by atoms with Gasteiger partial charge in [0, 0.05) is 24.5 Å². The fraction of sp³-hybridized carbons (Fsp3) is 0.182. The van der Waals surface area contributed by atoms with Gasteiger partial charge in [0.1, 0.15) is 6.10 Å². The van der Waals surface area contributed by atoms with Crippen molar-refractivity contribution in [3.8, 4) is 0 Å². The number of aromatic nitrogens is 2. The molecule has 2 rings (SSSR count). The van der Waals surface area contributed by atoms with E-state index < -0.39 is 6.10 Å². The van der Waals surface area contributed by atoms with E-state index in [4.69, 9.17) is 0 Å². The van der Waals surface area contributed by atoms with Gasteiger partial charge in [0.25, 0.3) is 0 Å². The summed E-state index contributed by atoms with van der Waals surface area (Å²) < 4.78 is 0. The number of aliphatic hydroxyl groups is 1. The van der Waals surface area contributed by atoms with Gasteiger partial charge in [-0.15, -0.1) is 0 Å². The summed E-state index contributed by atoms with van der Waals surface area (Å²) in [4.78, 5) is 7.15. The maximum atomic E-state index is 9.81. The van der Waals surface area contributed by atoms with E-state index in [-0.39, 0.29) is 0 Å². The number of hydrogen-bond donors (Lipinski definition) is 2. The molecule has 1 atom stereocenters. The Hall–Kier alpha value is -1.61. The molecule has 2 heterocycles. The first-order valence-electron chi connectivity index (χ1n) is 4.57. The van der Waals surface area contributed by atoms with E-state index in [2.05, 4.69) is 9.97 Å². The van der Waals surface area contributed by atoms with Crippen molar-refractivity contribution in [2.75, 3.05) is 0 Å². The van der Waals surface area contributed by atoms with Crippen molar-refractivity contribution < 1.29 is 5.11 Å². The third-order valence-corrected chi connectivity index (χ3v) is 2.10. The minimum atomic E-state index is -0.533. The Labute approximate surface area is 82.4 Å². The number of pyridine rings is 1. The summed E-state index contributed by atoms with van der Waals surface area (Å²) in [5.41, 5.74) is 1.73. The first-order valence-corrected chi connectivity index (χ1v) is 4.57. The van der Waals surface area contributed by atoms with Gasteiger partial charge in [0.15, 0.2) is 0 Å². The number of hydrogen-bond acceptors (Lipinski definition) is 2. The Morgan fingerprint density at radius 1 is 1.29 bits per heavy atom. The third kappa shape index (κ3) is 2.00. The van der Waals surface area contributed by atoms with Crippen LogP contribution in [0.15, 0.2) is 42.7 Å². The molecule has 2 aromatic heterocycles. The zero-order valence-corrected chi connectivity index (χ0v) is 7.72. The maximum Gasteiger partial charge on any atom is 0.101 e. The molecule has 0 aliphatic carbocycles. The standard InChI is InChI=1S/C11H12N2O/c14-11(8-9-4-3-7-12-9)10-5-1-2-6-13-10/h1-7,11-12,14H,8H2. The van der Waals surface area contributed by atoms with Crippen molar-refractivity contribution in [2.24, 2.45) is 0 Å². The van der Waals surface area contributed by atoms with E-state index in [9.17, 15) is 5.11 Å². The highest BCUT2D eigenvalue weighted by Crippen LogP contribution is 2.14. The molecule has 72 valence electrons. The SMILES string of the molecule is OC(Cc1ccc[nH]1)c1ccccn1. The number of nitrogens with zero attached hydrogens (tertiary/aromatic N) is 1. The minimum Gasteiger partial charge on any atom is -0.386 e. The summed E-state index contributed by atoms with van der Waals surface area (Å²) in [6.07, 6.45) is 3.58. The van der Waals surface area contributed by atoms with Crippen LogP contribution < -0.4 is 0 Å². The number of aromatic amines is 1. The van der Waals surface area contributed by atoms with Crippen LogP contribution in [0, 0.1) is 0 Å². The van der Waals surface area contributed by atoms with Crippen LogP contribution in [0.25, 0.3) is 0 Å². The minimum absolute atomic E-state index is 0.533. The lowest BCUT2D eigenvalue weighted by atomic mass is 10.1. The Morgan fingerprint density at radius 3 is 2.86 bits per heavy atom. The number of aliphatic hydroxyl groups excluding tert-OH is 1. The quantitative estimate of drug-likeness (QED) is 0.770. The van der Waals surface area contributed by atoms with Crippen molar-refractivity contribution in [3.63, 3.8) is 0 Å². The van der Waals surface area contributed by atoms with Crippen LogP contribution in [0.3, 0.4) is 0 Å². The Kier molecular flexibility index (Phi) is 2.60.